The molecule has 1 aromatic heterocycles. The number of hydrogen-bond acceptors (Lipinski definition) is 3. The highest BCUT2D eigenvalue weighted by atomic mass is 127. The van der Waals surface area contributed by atoms with Crippen LogP contribution in [0.1, 0.15) is 11.1 Å². The van der Waals surface area contributed by atoms with Gasteiger partial charge in [-0.25, -0.2) is 0 Å². The summed E-state index contributed by atoms with van der Waals surface area (Å²) in [4.78, 5) is 8.00. The number of alkyl halides is 3. The summed E-state index contributed by atoms with van der Waals surface area (Å²) in [6.07, 6.45) is -1.03. The number of guanidine groups is 1. The van der Waals surface area contributed by atoms with Gasteiger partial charge in [0.05, 0.1) is 18.3 Å². The minimum Gasteiger partial charge on any atom is -0.490 e. The van der Waals surface area contributed by atoms with Gasteiger partial charge < -0.3 is 15.4 Å². The minimum atomic E-state index is -4.32. The minimum absolute atomic E-state index is 0. The lowest BCUT2D eigenvalue weighted by molar-refractivity contribution is -0.137. The highest BCUT2D eigenvalue weighted by molar-refractivity contribution is 14.0. The molecule has 0 aliphatic carbocycles. The summed E-state index contributed by atoms with van der Waals surface area (Å²) in [6, 6.07) is 8.60. The fourth-order valence-electron chi connectivity index (χ4n) is 1.99. The number of pyridine rings is 1. The highest BCUT2D eigenvalue weighted by Gasteiger charge is 2.29. The Balaban J connectivity index is 0.00000338. The van der Waals surface area contributed by atoms with Crippen LogP contribution in [0.15, 0.2) is 53.8 Å². The second kappa shape index (κ2) is 10.8. The Morgan fingerprint density at radius 1 is 1.15 bits per heavy atom. The summed E-state index contributed by atoms with van der Waals surface area (Å²) in [6.45, 7) is 1.30. The SMILES string of the molecule is CN=C(NCCOc1cccnc1)NCc1ccc(C(F)(F)F)cc1.I. The van der Waals surface area contributed by atoms with Crippen LogP contribution in [0.5, 0.6) is 5.75 Å². The summed E-state index contributed by atoms with van der Waals surface area (Å²) in [7, 11) is 1.62. The van der Waals surface area contributed by atoms with Gasteiger partial charge in [-0.1, -0.05) is 12.1 Å². The van der Waals surface area contributed by atoms with E-state index in [-0.39, 0.29) is 24.0 Å². The van der Waals surface area contributed by atoms with Crippen LogP contribution >= 0.6 is 24.0 Å². The number of rotatable bonds is 6. The Morgan fingerprint density at radius 2 is 1.88 bits per heavy atom. The number of ether oxygens (including phenoxy) is 1. The van der Waals surface area contributed by atoms with Crippen molar-refractivity contribution in [1.82, 2.24) is 15.6 Å². The first-order chi connectivity index (χ1) is 12.0. The molecule has 142 valence electrons. The number of benzene rings is 1. The van der Waals surface area contributed by atoms with Crippen LogP contribution in [0.3, 0.4) is 0 Å². The first-order valence-electron chi connectivity index (χ1n) is 7.62. The Labute approximate surface area is 167 Å². The Kier molecular flexibility index (Phi) is 9.17. The lowest BCUT2D eigenvalue weighted by atomic mass is 10.1. The normalized spacial score (nSPS) is 11.5. The molecule has 0 amide bonds. The van der Waals surface area contributed by atoms with Crippen LogP contribution in [0.4, 0.5) is 13.2 Å². The predicted molar refractivity (Wildman–Crippen MR) is 105 cm³/mol. The van der Waals surface area contributed by atoms with E-state index in [1.807, 2.05) is 6.07 Å². The van der Waals surface area contributed by atoms with Crippen molar-refractivity contribution in [3.8, 4) is 5.75 Å². The highest BCUT2D eigenvalue weighted by Crippen LogP contribution is 2.28. The van der Waals surface area contributed by atoms with E-state index in [2.05, 4.69) is 20.6 Å². The maximum atomic E-state index is 12.5. The maximum absolute atomic E-state index is 12.5. The lowest BCUT2D eigenvalue weighted by Gasteiger charge is -2.13. The smallest absolute Gasteiger partial charge is 0.416 e. The number of halogens is 4. The molecule has 0 bridgehead atoms. The average molecular weight is 480 g/mol. The summed E-state index contributed by atoms with van der Waals surface area (Å²) in [5, 5.41) is 6.09. The van der Waals surface area contributed by atoms with E-state index >= 15 is 0 Å². The predicted octanol–water partition coefficient (Wildman–Crippen LogP) is 3.46. The van der Waals surface area contributed by atoms with Crippen LogP contribution in [0, 0.1) is 0 Å². The summed E-state index contributed by atoms with van der Waals surface area (Å²) in [5.74, 6) is 1.21. The third-order valence-electron chi connectivity index (χ3n) is 3.26. The van der Waals surface area contributed by atoms with Gasteiger partial charge in [0, 0.05) is 19.8 Å². The van der Waals surface area contributed by atoms with Gasteiger partial charge in [-0.3, -0.25) is 9.98 Å². The van der Waals surface area contributed by atoms with Crippen molar-refractivity contribution in [2.24, 2.45) is 4.99 Å². The van der Waals surface area contributed by atoms with Crippen molar-refractivity contribution in [3.05, 3.63) is 59.9 Å². The molecule has 0 unspecified atom stereocenters. The summed E-state index contributed by atoms with van der Waals surface area (Å²) >= 11 is 0. The molecule has 0 radical (unpaired) electrons. The van der Waals surface area contributed by atoms with Crippen molar-refractivity contribution in [2.75, 3.05) is 20.2 Å². The van der Waals surface area contributed by atoms with E-state index in [4.69, 9.17) is 4.74 Å². The standard InChI is InChI=1S/C17H19F3N4O.HI/c1-21-16(23-9-10-25-15-3-2-8-22-12-15)24-11-13-4-6-14(7-5-13)17(18,19)20;/h2-8,12H,9-11H2,1H3,(H2,21,23,24);1H. The molecule has 0 spiro atoms. The van der Waals surface area contributed by atoms with Crippen LogP contribution in [0.2, 0.25) is 0 Å². The molecular weight excluding hydrogens is 460 g/mol. The van der Waals surface area contributed by atoms with E-state index in [0.29, 0.717) is 31.4 Å². The molecule has 26 heavy (non-hydrogen) atoms. The molecule has 0 aliphatic rings. The van der Waals surface area contributed by atoms with Gasteiger partial charge in [0.2, 0.25) is 0 Å². The molecule has 0 fully saturated rings. The van der Waals surface area contributed by atoms with Crippen LogP contribution in [-0.2, 0) is 12.7 Å². The number of aromatic nitrogens is 1. The Hall–Kier alpha value is -2.04. The van der Waals surface area contributed by atoms with Gasteiger partial charge in [0.1, 0.15) is 12.4 Å². The second-order valence-electron chi connectivity index (χ2n) is 5.08. The largest absolute Gasteiger partial charge is 0.490 e. The van der Waals surface area contributed by atoms with E-state index in [9.17, 15) is 13.2 Å². The van der Waals surface area contributed by atoms with E-state index in [1.165, 1.54) is 12.1 Å². The zero-order valence-electron chi connectivity index (χ0n) is 14.1. The Morgan fingerprint density at radius 3 is 2.46 bits per heavy atom. The fraction of sp³-hybridized carbons (Fsp3) is 0.294. The first-order valence-corrected chi connectivity index (χ1v) is 7.62. The molecule has 2 N–H and O–H groups in total. The molecule has 0 saturated heterocycles. The van der Waals surface area contributed by atoms with Crippen LogP contribution in [0.25, 0.3) is 0 Å². The third kappa shape index (κ3) is 7.46. The summed E-state index contributed by atoms with van der Waals surface area (Å²) in [5.41, 5.74) is 0.0638. The molecule has 1 heterocycles. The molecule has 5 nitrogen and oxygen atoms in total. The maximum Gasteiger partial charge on any atom is 0.416 e. The average Bonchev–Trinajstić information content (AvgIpc) is 2.61. The van der Waals surface area contributed by atoms with Gasteiger partial charge in [-0.05, 0) is 29.8 Å². The number of nitrogens with one attached hydrogen (secondary N) is 2. The van der Waals surface area contributed by atoms with Gasteiger partial charge in [-0.15, -0.1) is 24.0 Å². The first kappa shape index (κ1) is 22.0. The lowest BCUT2D eigenvalue weighted by Crippen LogP contribution is -2.38. The van der Waals surface area contributed by atoms with E-state index in [0.717, 1.165) is 17.7 Å². The molecule has 0 atom stereocenters. The molecular formula is C17H20F3IN4O. The third-order valence-corrected chi connectivity index (χ3v) is 3.26. The van der Waals surface area contributed by atoms with Gasteiger partial charge in [0.25, 0.3) is 0 Å². The Bertz CT molecular complexity index is 679. The van der Waals surface area contributed by atoms with Crippen molar-refractivity contribution in [1.29, 1.82) is 0 Å². The zero-order chi connectivity index (χ0) is 18.1. The molecule has 2 rings (SSSR count). The number of aliphatic imine (C=N–C) groups is 1. The quantitative estimate of drug-likeness (QED) is 0.288. The van der Waals surface area contributed by atoms with E-state index < -0.39 is 11.7 Å². The van der Waals surface area contributed by atoms with Gasteiger partial charge >= 0.3 is 6.18 Å². The molecule has 2 aromatic rings. The van der Waals surface area contributed by atoms with Crippen molar-refractivity contribution >= 4 is 29.9 Å². The molecule has 1 aromatic carbocycles. The van der Waals surface area contributed by atoms with Crippen molar-refractivity contribution in [3.63, 3.8) is 0 Å². The molecule has 0 aliphatic heterocycles. The van der Waals surface area contributed by atoms with Crippen LogP contribution < -0.4 is 15.4 Å². The topological polar surface area (TPSA) is 58.5 Å². The van der Waals surface area contributed by atoms with Gasteiger partial charge in [0.15, 0.2) is 5.96 Å². The van der Waals surface area contributed by atoms with Crippen molar-refractivity contribution in [2.45, 2.75) is 12.7 Å². The monoisotopic (exact) mass is 480 g/mol. The molecule has 0 saturated carbocycles. The summed E-state index contributed by atoms with van der Waals surface area (Å²) < 4.78 is 43.1. The second-order valence-corrected chi connectivity index (χ2v) is 5.08. The van der Waals surface area contributed by atoms with Crippen molar-refractivity contribution < 1.29 is 17.9 Å². The van der Waals surface area contributed by atoms with Crippen LogP contribution in [-0.4, -0.2) is 31.1 Å². The number of nitrogens with zero attached hydrogens (tertiary/aromatic N) is 2. The van der Waals surface area contributed by atoms with E-state index in [1.54, 1.807) is 25.5 Å². The fourth-order valence-corrected chi connectivity index (χ4v) is 1.99. The molecule has 9 heteroatoms. The number of hydrogen-bond donors (Lipinski definition) is 2. The zero-order valence-corrected chi connectivity index (χ0v) is 16.4. The van der Waals surface area contributed by atoms with Gasteiger partial charge in [-0.2, -0.15) is 13.2 Å².